The molecule has 0 saturated carbocycles. The van der Waals surface area contributed by atoms with Crippen LogP contribution in [0.3, 0.4) is 0 Å². The van der Waals surface area contributed by atoms with Crippen LogP contribution in [0.2, 0.25) is 0 Å². The maximum atomic E-state index is 11.7. The Labute approximate surface area is 174 Å². The summed E-state index contributed by atoms with van der Waals surface area (Å²) in [6.45, 7) is 7.58. The lowest BCUT2D eigenvalue weighted by Crippen LogP contribution is -2.13. The van der Waals surface area contributed by atoms with Crippen LogP contribution in [-0.2, 0) is 19.1 Å². The maximum Gasteiger partial charge on any atom is 0.305 e. The number of hydrogen-bond acceptors (Lipinski definition) is 4. The number of carbonyl (C=O) groups excluding carboxylic acids is 2. The van der Waals surface area contributed by atoms with Crippen molar-refractivity contribution in [1.82, 2.24) is 0 Å². The molecule has 4 heteroatoms. The zero-order valence-electron chi connectivity index (χ0n) is 18.9. The van der Waals surface area contributed by atoms with Crippen LogP contribution in [-0.4, -0.2) is 25.2 Å². The van der Waals surface area contributed by atoms with Crippen LogP contribution in [0.25, 0.3) is 0 Å². The Morgan fingerprint density at radius 3 is 1.61 bits per heavy atom. The number of carbonyl (C=O) groups is 2. The van der Waals surface area contributed by atoms with Crippen LogP contribution >= 0.6 is 0 Å². The first-order valence-electron chi connectivity index (χ1n) is 11.9. The highest BCUT2D eigenvalue weighted by Gasteiger charge is 2.09. The van der Waals surface area contributed by atoms with E-state index < -0.39 is 0 Å². The Hall–Kier alpha value is -1.06. The molecule has 0 spiro atoms. The molecule has 0 saturated heterocycles. The zero-order chi connectivity index (χ0) is 20.9. The smallest absolute Gasteiger partial charge is 0.305 e. The average molecular weight is 399 g/mol. The van der Waals surface area contributed by atoms with E-state index in [1.54, 1.807) is 0 Å². The molecule has 0 aliphatic carbocycles. The Bertz CT molecular complexity index is 364. The van der Waals surface area contributed by atoms with Gasteiger partial charge in [0.05, 0.1) is 13.2 Å². The molecule has 0 aromatic heterocycles. The summed E-state index contributed by atoms with van der Waals surface area (Å²) < 4.78 is 10.6. The molecule has 28 heavy (non-hydrogen) atoms. The third kappa shape index (κ3) is 18.3. The van der Waals surface area contributed by atoms with Crippen molar-refractivity contribution in [2.45, 2.75) is 124 Å². The van der Waals surface area contributed by atoms with E-state index in [1.807, 2.05) is 0 Å². The SMILES string of the molecule is CCCCCCCCCCCOC(=O)CCCCCC(=O)OCC(CC)CC. The van der Waals surface area contributed by atoms with Gasteiger partial charge in [-0.1, -0.05) is 91.4 Å². The molecule has 0 aromatic carbocycles. The summed E-state index contributed by atoms with van der Waals surface area (Å²) in [6.07, 6.45) is 16.9. The molecule has 0 aliphatic rings. The summed E-state index contributed by atoms with van der Waals surface area (Å²) >= 11 is 0. The lowest BCUT2D eigenvalue weighted by atomic mass is 10.1. The number of hydrogen-bond donors (Lipinski definition) is 0. The van der Waals surface area contributed by atoms with Gasteiger partial charge in [0.25, 0.3) is 0 Å². The van der Waals surface area contributed by atoms with E-state index >= 15 is 0 Å². The summed E-state index contributed by atoms with van der Waals surface area (Å²) in [5, 5.41) is 0. The van der Waals surface area contributed by atoms with Crippen LogP contribution in [0, 0.1) is 5.92 Å². The van der Waals surface area contributed by atoms with Crippen molar-refractivity contribution in [2.75, 3.05) is 13.2 Å². The third-order valence-electron chi connectivity index (χ3n) is 5.41. The molecular weight excluding hydrogens is 352 g/mol. The Balaban J connectivity index is 3.36. The Kier molecular flexibility index (Phi) is 19.9. The molecule has 4 nitrogen and oxygen atoms in total. The van der Waals surface area contributed by atoms with Gasteiger partial charge >= 0.3 is 11.9 Å². The number of rotatable bonds is 20. The summed E-state index contributed by atoms with van der Waals surface area (Å²) in [6, 6.07) is 0. The van der Waals surface area contributed by atoms with Gasteiger partial charge in [-0.05, 0) is 25.2 Å². The minimum atomic E-state index is -0.111. The van der Waals surface area contributed by atoms with Crippen LogP contribution in [0.5, 0.6) is 0 Å². The van der Waals surface area contributed by atoms with E-state index in [0.29, 0.717) is 32.0 Å². The molecule has 0 amide bonds. The fourth-order valence-corrected chi connectivity index (χ4v) is 3.19. The van der Waals surface area contributed by atoms with Gasteiger partial charge in [-0.3, -0.25) is 9.59 Å². The molecule has 0 atom stereocenters. The molecule has 0 aliphatic heterocycles. The van der Waals surface area contributed by atoms with Gasteiger partial charge in [0.15, 0.2) is 0 Å². The minimum absolute atomic E-state index is 0.101. The van der Waals surface area contributed by atoms with Gasteiger partial charge in [-0.15, -0.1) is 0 Å². The second-order valence-corrected chi connectivity index (χ2v) is 7.98. The molecular formula is C24H46O4. The second kappa shape index (κ2) is 20.7. The van der Waals surface area contributed by atoms with E-state index in [-0.39, 0.29) is 11.9 Å². The van der Waals surface area contributed by atoms with Crippen LogP contribution in [0.4, 0.5) is 0 Å². The largest absolute Gasteiger partial charge is 0.466 e. The standard InChI is InChI=1S/C24H46O4/c1-4-7-8-9-10-11-12-13-17-20-27-23(25)18-15-14-16-19-24(26)28-21-22(5-2)6-3/h22H,4-21H2,1-3H3. The highest BCUT2D eigenvalue weighted by Crippen LogP contribution is 2.11. The van der Waals surface area contributed by atoms with Gasteiger partial charge in [0, 0.05) is 12.8 Å². The monoisotopic (exact) mass is 398 g/mol. The lowest BCUT2D eigenvalue weighted by molar-refractivity contribution is -0.145. The minimum Gasteiger partial charge on any atom is -0.466 e. The van der Waals surface area contributed by atoms with E-state index in [2.05, 4.69) is 20.8 Å². The predicted octanol–water partition coefficient (Wildman–Crippen LogP) is 6.99. The highest BCUT2D eigenvalue weighted by molar-refractivity contribution is 5.69. The fraction of sp³-hybridized carbons (Fsp3) is 0.917. The van der Waals surface area contributed by atoms with Crippen molar-refractivity contribution in [3.63, 3.8) is 0 Å². The van der Waals surface area contributed by atoms with E-state index in [4.69, 9.17) is 9.47 Å². The second-order valence-electron chi connectivity index (χ2n) is 7.98. The quantitative estimate of drug-likeness (QED) is 0.164. The Morgan fingerprint density at radius 1 is 0.607 bits per heavy atom. The van der Waals surface area contributed by atoms with Crippen molar-refractivity contribution >= 4 is 11.9 Å². The number of esters is 2. The number of unbranched alkanes of at least 4 members (excludes halogenated alkanes) is 10. The normalized spacial score (nSPS) is 11.0. The first-order valence-corrected chi connectivity index (χ1v) is 11.9. The molecule has 0 rings (SSSR count). The molecule has 0 heterocycles. The lowest BCUT2D eigenvalue weighted by Gasteiger charge is -2.12. The maximum absolute atomic E-state index is 11.7. The van der Waals surface area contributed by atoms with Crippen molar-refractivity contribution in [3.05, 3.63) is 0 Å². The Morgan fingerprint density at radius 2 is 1.07 bits per heavy atom. The van der Waals surface area contributed by atoms with Gasteiger partial charge in [-0.2, -0.15) is 0 Å². The zero-order valence-corrected chi connectivity index (χ0v) is 18.9. The molecule has 0 fully saturated rings. The van der Waals surface area contributed by atoms with Crippen molar-refractivity contribution in [3.8, 4) is 0 Å². The van der Waals surface area contributed by atoms with Gasteiger partial charge in [-0.25, -0.2) is 0 Å². The van der Waals surface area contributed by atoms with Gasteiger partial charge in [0.1, 0.15) is 0 Å². The van der Waals surface area contributed by atoms with Crippen LogP contribution < -0.4 is 0 Å². The molecule has 0 N–H and O–H groups in total. The van der Waals surface area contributed by atoms with Gasteiger partial charge < -0.3 is 9.47 Å². The first kappa shape index (κ1) is 26.9. The molecule has 0 bridgehead atoms. The van der Waals surface area contributed by atoms with Crippen LogP contribution in [0.1, 0.15) is 124 Å². The molecule has 166 valence electrons. The third-order valence-corrected chi connectivity index (χ3v) is 5.41. The predicted molar refractivity (Wildman–Crippen MR) is 116 cm³/mol. The summed E-state index contributed by atoms with van der Waals surface area (Å²) in [5.41, 5.74) is 0. The van der Waals surface area contributed by atoms with E-state index in [0.717, 1.165) is 44.9 Å². The molecule has 0 unspecified atom stereocenters. The van der Waals surface area contributed by atoms with Crippen LogP contribution in [0.15, 0.2) is 0 Å². The fourth-order valence-electron chi connectivity index (χ4n) is 3.19. The summed E-state index contributed by atoms with van der Waals surface area (Å²) in [7, 11) is 0. The van der Waals surface area contributed by atoms with E-state index in [1.165, 1.54) is 44.9 Å². The van der Waals surface area contributed by atoms with Crippen molar-refractivity contribution < 1.29 is 19.1 Å². The first-order chi connectivity index (χ1) is 13.6. The summed E-state index contributed by atoms with van der Waals surface area (Å²) in [5.74, 6) is 0.264. The molecule has 0 aromatic rings. The number of ether oxygens (including phenoxy) is 2. The molecule has 0 radical (unpaired) electrons. The summed E-state index contributed by atoms with van der Waals surface area (Å²) in [4.78, 5) is 23.4. The average Bonchev–Trinajstić information content (AvgIpc) is 2.70. The van der Waals surface area contributed by atoms with Crippen molar-refractivity contribution in [1.29, 1.82) is 0 Å². The van der Waals surface area contributed by atoms with Gasteiger partial charge in [0.2, 0.25) is 0 Å². The van der Waals surface area contributed by atoms with Crippen molar-refractivity contribution in [2.24, 2.45) is 5.92 Å². The topological polar surface area (TPSA) is 52.6 Å². The highest BCUT2D eigenvalue weighted by atomic mass is 16.5. The van der Waals surface area contributed by atoms with E-state index in [9.17, 15) is 9.59 Å².